The van der Waals surface area contributed by atoms with Crippen molar-refractivity contribution in [3.63, 3.8) is 0 Å². The fourth-order valence-corrected chi connectivity index (χ4v) is 2.24. The molecule has 0 spiro atoms. The summed E-state index contributed by atoms with van der Waals surface area (Å²) in [6.45, 7) is 1.72. The van der Waals surface area contributed by atoms with Crippen LogP contribution in [-0.2, 0) is 11.3 Å². The van der Waals surface area contributed by atoms with Crippen molar-refractivity contribution >= 4 is 5.91 Å². The maximum atomic E-state index is 13.6. The number of benzene rings is 1. The van der Waals surface area contributed by atoms with Crippen LogP contribution in [0, 0.1) is 5.82 Å². The minimum Gasteiger partial charge on any atom is -0.478 e. The number of ether oxygens (including phenoxy) is 1. The second kappa shape index (κ2) is 7.57. The van der Waals surface area contributed by atoms with E-state index in [9.17, 15) is 9.18 Å². The molecule has 2 heterocycles. The molecule has 0 aliphatic heterocycles. The zero-order chi connectivity index (χ0) is 17.6. The summed E-state index contributed by atoms with van der Waals surface area (Å²) in [4.78, 5) is 20.7. The number of halogens is 1. The molecule has 0 fully saturated rings. The molecule has 1 amide bonds. The Morgan fingerprint density at radius 1 is 1.28 bits per heavy atom. The Kier molecular flexibility index (Phi) is 5.03. The molecule has 0 bridgehead atoms. The van der Waals surface area contributed by atoms with E-state index in [0.29, 0.717) is 11.4 Å². The normalized spacial score (nSPS) is 11.8. The molecule has 3 aromatic rings. The fourth-order valence-electron chi connectivity index (χ4n) is 2.24. The van der Waals surface area contributed by atoms with Gasteiger partial charge in [-0.3, -0.25) is 14.8 Å². The summed E-state index contributed by atoms with van der Waals surface area (Å²) >= 11 is 0. The van der Waals surface area contributed by atoms with E-state index in [1.165, 1.54) is 18.4 Å². The molecule has 0 radical (unpaired) electrons. The molecule has 0 aliphatic carbocycles. The summed E-state index contributed by atoms with van der Waals surface area (Å²) in [6.07, 6.45) is 5.35. The first-order valence-electron chi connectivity index (χ1n) is 7.66. The van der Waals surface area contributed by atoms with E-state index in [1.807, 2.05) is 0 Å². The lowest BCUT2D eigenvalue weighted by Gasteiger charge is -2.15. The van der Waals surface area contributed by atoms with Crippen LogP contribution in [0.3, 0.4) is 0 Å². The van der Waals surface area contributed by atoms with Gasteiger partial charge in [0.2, 0.25) is 0 Å². The Balaban J connectivity index is 1.64. The second-order valence-corrected chi connectivity index (χ2v) is 5.27. The third kappa shape index (κ3) is 4.00. The number of aromatic nitrogens is 2. The van der Waals surface area contributed by atoms with E-state index in [1.54, 1.807) is 43.8 Å². The standard InChI is InChI=1S/C18H16FN3O3/c1-12(25-16-5-3-2-4-14(16)19)18(23)22-10-15-17(21-8-7-20-15)13-6-9-24-11-13/h2-9,11-12H,10H2,1H3,(H,22,23)/t12-/m1/s1. The van der Waals surface area contributed by atoms with Crippen molar-refractivity contribution in [3.8, 4) is 17.0 Å². The molecule has 0 saturated heterocycles. The molecule has 2 aromatic heterocycles. The summed E-state index contributed by atoms with van der Waals surface area (Å²) in [5.41, 5.74) is 1.99. The number of carbonyl (C=O) groups is 1. The smallest absolute Gasteiger partial charge is 0.261 e. The highest BCUT2D eigenvalue weighted by Crippen LogP contribution is 2.20. The van der Waals surface area contributed by atoms with Gasteiger partial charge in [-0.05, 0) is 25.1 Å². The van der Waals surface area contributed by atoms with Crippen LogP contribution in [0.15, 0.2) is 59.7 Å². The number of para-hydroxylation sites is 1. The molecule has 0 aliphatic rings. The third-order valence-corrected chi connectivity index (χ3v) is 3.51. The van der Waals surface area contributed by atoms with Crippen molar-refractivity contribution in [2.24, 2.45) is 0 Å². The van der Waals surface area contributed by atoms with Gasteiger partial charge in [-0.1, -0.05) is 12.1 Å². The quantitative estimate of drug-likeness (QED) is 0.746. The largest absolute Gasteiger partial charge is 0.478 e. The highest BCUT2D eigenvalue weighted by Gasteiger charge is 2.17. The van der Waals surface area contributed by atoms with Crippen LogP contribution in [0.5, 0.6) is 5.75 Å². The topological polar surface area (TPSA) is 77.2 Å². The average Bonchev–Trinajstić information content (AvgIpc) is 3.16. The lowest BCUT2D eigenvalue weighted by Crippen LogP contribution is -2.36. The van der Waals surface area contributed by atoms with E-state index < -0.39 is 11.9 Å². The number of hydrogen-bond acceptors (Lipinski definition) is 5. The van der Waals surface area contributed by atoms with E-state index in [2.05, 4.69) is 15.3 Å². The maximum Gasteiger partial charge on any atom is 0.261 e. The van der Waals surface area contributed by atoms with Gasteiger partial charge in [0.05, 0.1) is 30.5 Å². The van der Waals surface area contributed by atoms with Crippen LogP contribution in [0.2, 0.25) is 0 Å². The van der Waals surface area contributed by atoms with Gasteiger partial charge in [0, 0.05) is 18.0 Å². The number of amides is 1. The van der Waals surface area contributed by atoms with E-state index in [0.717, 1.165) is 5.56 Å². The van der Waals surface area contributed by atoms with Gasteiger partial charge in [-0.2, -0.15) is 0 Å². The second-order valence-electron chi connectivity index (χ2n) is 5.27. The van der Waals surface area contributed by atoms with Gasteiger partial charge < -0.3 is 14.5 Å². The predicted octanol–water partition coefficient (Wildman–Crippen LogP) is 2.96. The Labute approximate surface area is 143 Å². The van der Waals surface area contributed by atoms with Crippen molar-refractivity contribution < 1.29 is 18.3 Å². The molecule has 25 heavy (non-hydrogen) atoms. The van der Waals surface area contributed by atoms with Gasteiger partial charge in [0.1, 0.15) is 0 Å². The zero-order valence-corrected chi connectivity index (χ0v) is 13.5. The van der Waals surface area contributed by atoms with Crippen molar-refractivity contribution in [2.45, 2.75) is 19.6 Å². The summed E-state index contributed by atoms with van der Waals surface area (Å²) in [7, 11) is 0. The Hall–Kier alpha value is -3.22. The average molecular weight is 341 g/mol. The van der Waals surface area contributed by atoms with Crippen molar-refractivity contribution in [2.75, 3.05) is 0 Å². The first kappa shape index (κ1) is 16.6. The van der Waals surface area contributed by atoms with Crippen molar-refractivity contribution in [1.82, 2.24) is 15.3 Å². The molecule has 128 valence electrons. The van der Waals surface area contributed by atoms with Crippen molar-refractivity contribution in [3.05, 3.63) is 66.8 Å². The molecule has 1 atom stereocenters. The highest BCUT2D eigenvalue weighted by atomic mass is 19.1. The van der Waals surface area contributed by atoms with Gasteiger partial charge in [0.25, 0.3) is 5.91 Å². The van der Waals surface area contributed by atoms with E-state index >= 15 is 0 Å². The molecule has 7 heteroatoms. The van der Waals surface area contributed by atoms with Crippen LogP contribution < -0.4 is 10.1 Å². The Morgan fingerprint density at radius 3 is 2.84 bits per heavy atom. The summed E-state index contributed by atoms with van der Waals surface area (Å²) in [5.74, 6) is -0.867. The van der Waals surface area contributed by atoms with Crippen LogP contribution >= 0.6 is 0 Å². The molecular weight excluding hydrogens is 325 g/mol. The molecule has 0 saturated carbocycles. The minimum absolute atomic E-state index is 0.0312. The first-order valence-corrected chi connectivity index (χ1v) is 7.66. The molecule has 3 rings (SSSR count). The van der Waals surface area contributed by atoms with Gasteiger partial charge in [-0.15, -0.1) is 0 Å². The van der Waals surface area contributed by atoms with E-state index in [4.69, 9.17) is 9.15 Å². The molecular formula is C18H16FN3O3. The number of nitrogens with zero attached hydrogens (tertiary/aromatic N) is 2. The number of hydrogen-bond donors (Lipinski definition) is 1. The number of carbonyl (C=O) groups excluding carboxylic acids is 1. The molecule has 1 aromatic carbocycles. The van der Waals surface area contributed by atoms with Crippen LogP contribution in [0.1, 0.15) is 12.6 Å². The molecule has 1 N–H and O–H groups in total. The monoisotopic (exact) mass is 341 g/mol. The molecule has 6 nitrogen and oxygen atoms in total. The SMILES string of the molecule is C[C@@H](Oc1ccccc1F)C(=O)NCc1nccnc1-c1ccoc1. The lowest BCUT2D eigenvalue weighted by molar-refractivity contribution is -0.127. The molecule has 0 unspecified atom stereocenters. The number of rotatable bonds is 6. The fraction of sp³-hybridized carbons (Fsp3) is 0.167. The Morgan fingerprint density at radius 2 is 2.08 bits per heavy atom. The van der Waals surface area contributed by atoms with Crippen LogP contribution in [0.4, 0.5) is 4.39 Å². The minimum atomic E-state index is -0.856. The van der Waals surface area contributed by atoms with E-state index in [-0.39, 0.29) is 18.2 Å². The first-order chi connectivity index (χ1) is 12.1. The number of furan rings is 1. The van der Waals surface area contributed by atoms with Crippen LogP contribution in [0.25, 0.3) is 11.3 Å². The maximum absolute atomic E-state index is 13.6. The van der Waals surface area contributed by atoms with Gasteiger partial charge in [-0.25, -0.2) is 4.39 Å². The van der Waals surface area contributed by atoms with Gasteiger partial charge in [0.15, 0.2) is 17.7 Å². The summed E-state index contributed by atoms with van der Waals surface area (Å²) < 4.78 is 24.0. The zero-order valence-electron chi connectivity index (χ0n) is 13.5. The van der Waals surface area contributed by atoms with Crippen molar-refractivity contribution in [1.29, 1.82) is 0 Å². The highest BCUT2D eigenvalue weighted by molar-refractivity contribution is 5.80. The third-order valence-electron chi connectivity index (χ3n) is 3.51. The summed E-state index contributed by atoms with van der Waals surface area (Å²) in [5, 5.41) is 2.72. The lowest BCUT2D eigenvalue weighted by atomic mass is 10.2. The van der Waals surface area contributed by atoms with Crippen LogP contribution in [-0.4, -0.2) is 22.0 Å². The number of nitrogens with one attached hydrogen (secondary N) is 1. The van der Waals surface area contributed by atoms with Gasteiger partial charge >= 0.3 is 0 Å². The predicted molar refractivity (Wildman–Crippen MR) is 88.1 cm³/mol. The summed E-state index contributed by atoms with van der Waals surface area (Å²) in [6, 6.07) is 7.70. The Bertz CT molecular complexity index is 852.